The highest BCUT2D eigenvalue weighted by molar-refractivity contribution is 5.66. The number of fused-ring (bicyclic) bond motifs is 1. The standard InChI is InChI=1S/C26H28F3N9/c1-15(2)36-14-20(26(27,28)29)33-24(36)19-8-6-18(7-9-19)13-31-23-25-30-10-11-37(25)35-22(34-23)21-17(5)12-32-38(21)16(3)4/h6-12,14-16H,13H2,1-5H3,(H,31,34,35). The van der Waals surface area contributed by atoms with Crippen LogP contribution in [0.3, 0.4) is 0 Å². The summed E-state index contributed by atoms with van der Waals surface area (Å²) in [5.41, 5.74) is 3.01. The largest absolute Gasteiger partial charge is 0.434 e. The minimum Gasteiger partial charge on any atom is -0.363 e. The van der Waals surface area contributed by atoms with Gasteiger partial charge in [0.15, 0.2) is 17.2 Å². The molecule has 0 aliphatic carbocycles. The van der Waals surface area contributed by atoms with Crippen LogP contribution in [0.2, 0.25) is 0 Å². The predicted octanol–water partition coefficient (Wildman–Crippen LogP) is 5.95. The molecular weight excluding hydrogens is 495 g/mol. The Bertz CT molecular complexity index is 1570. The molecule has 198 valence electrons. The molecule has 0 aliphatic rings. The Balaban J connectivity index is 1.42. The second-order valence-electron chi connectivity index (χ2n) is 9.69. The molecule has 4 heterocycles. The van der Waals surface area contributed by atoms with Gasteiger partial charge < -0.3 is 9.88 Å². The van der Waals surface area contributed by atoms with E-state index in [0.29, 0.717) is 29.4 Å². The van der Waals surface area contributed by atoms with E-state index in [1.807, 2.05) is 51.4 Å². The fraction of sp³-hybridized carbons (Fsp3) is 0.346. The van der Waals surface area contributed by atoms with E-state index in [-0.39, 0.29) is 17.9 Å². The van der Waals surface area contributed by atoms with E-state index in [1.165, 1.54) is 4.57 Å². The smallest absolute Gasteiger partial charge is 0.363 e. The number of nitrogens with one attached hydrogen (secondary N) is 1. The Morgan fingerprint density at radius 3 is 2.39 bits per heavy atom. The van der Waals surface area contributed by atoms with Crippen molar-refractivity contribution < 1.29 is 13.2 Å². The molecular formula is C26H28F3N9. The summed E-state index contributed by atoms with van der Waals surface area (Å²) in [6.07, 6.45) is 1.78. The van der Waals surface area contributed by atoms with Gasteiger partial charge in [0, 0.05) is 42.8 Å². The number of nitrogens with zero attached hydrogens (tertiary/aromatic N) is 8. The third-order valence-corrected chi connectivity index (χ3v) is 6.18. The van der Waals surface area contributed by atoms with Crippen LogP contribution in [0.4, 0.5) is 19.0 Å². The van der Waals surface area contributed by atoms with Gasteiger partial charge in [-0.25, -0.2) is 19.5 Å². The van der Waals surface area contributed by atoms with Crippen LogP contribution in [0.15, 0.2) is 49.1 Å². The van der Waals surface area contributed by atoms with Crippen molar-refractivity contribution in [1.29, 1.82) is 0 Å². The van der Waals surface area contributed by atoms with Crippen molar-refractivity contribution in [2.45, 2.75) is 59.4 Å². The minimum atomic E-state index is -4.50. The Morgan fingerprint density at radius 1 is 1.00 bits per heavy atom. The molecule has 38 heavy (non-hydrogen) atoms. The Kier molecular flexibility index (Phi) is 6.41. The zero-order valence-electron chi connectivity index (χ0n) is 21.7. The Hall–Kier alpha value is -4.22. The maximum Gasteiger partial charge on any atom is 0.434 e. The fourth-order valence-corrected chi connectivity index (χ4v) is 4.26. The zero-order chi connectivity index (χ0) is 27.2. The molecule has 12 heteroatoms. The number of anilines is 1. The maximum atomic E-state index is 13.3. The first-order chi connectivity index (χ1) is 18.0. The van der Waals surface area contributed by atoms with Crippen molar-refractivity contribution in [3.8, 4) is 22.9 Å². The Morgan fingerprint density at radius 2 is 1.74 bits per heavy atom. The van der Waals surface area contributed by atoms with Gasteiger partial charge in [0.25, 0.3) is 0 Å². The molecule has 0 spiro atoms. The number of aromatic nitrogens is 8. The third kappa shape index (κ3) is 4.73. The third-order valence-electron chi connectivity index (χ3n) is 6.18. The number of imidazole rings is 2. The number of hydrogen-bond acceptors (Lipinski definition) is 6. The molecule has 5 rings (SSSR count). The summed E-state index contributed by atoms with van der Waals surface area (Å²) in [7, 11) is 0. The number of halogens is 3. The number of benzene rings is 1. The van der Waals surface area contributed by atoms with Crippen LogP contribution in [-0.4, -0.2) is 38.9 Å². The molecule has 0 amide bonds. The number of alkyl halides is 3. The number of hydrogen-bond donors (Lipinski definition) is 1. The topological polar surface area (TPSA) is 90.8 Å². The molecule has 0 atom stereocenters. The summed E-state index contributed by atoms with van der Waals surface area (Å²) in [6, 6.07) is 7.23. The van der Waals surface area contributed by atoms with Crippen LogP contribution < -0.4 is 5.32 Å². The average Bonchev–Trinajstić information content (AvgIpc) is 3.60. The van der Waals surface area contributed by atoms with E-state index < -0.39 is 11.9 Å². The van der Waals surface area contributed by atoms with Crippen LogP contribution in [0.1, 0.15) is 56.6 Å². The van der Waals surface area contributed by atoms with Crippen LogP contribution in [0.25, 0.3) is 28.6 Å². The lowest BCUT2D eigenvalue weighted by Gasteiger charge is -2.13. The molecule has 1 N–H and O–H groups in total. The molecule has 0 saturated carbocycles. The van der Waals surface area contributed by atoms with Crippen LogP contribution >= 0.6 is 0 Å². The van der Waals surface area contributed by atoms with E-state index in [2.05, 4.69) is 25.5 Å². The second-order valence-corrected chi connectivity index (χ2v) is 9.69. The molecule has 9 nitrogen and oxygen atoms in total. The molecule has 0 radical (unpaired) electrons. The van der Waals surface area contributed by atoms with Gasteiger partial charge in [-0.15, -0.1) is 5.10 Å². The number of rotatable bonds is 7. The molecule has 4 aromatic heterocycles. The monoisotopic (exact) mass is 523 g/mol. The highest BCUT2D eigenvalue weighted by atomic mass is 19.4. The summed E-state index contributed by atoms with van der Waals surface area (Å²) < 4.78 is 44.9. The molecule has 0 bridgehead atoms. The molecule has 0 unspecified atom stereocenters. The van der Waals surface area contributed by atoms with E-state index in [0.717, 1.165) is 23.0 Å². The lowest BCUT2D eigenvalue weighted by Crippen LogP contribution is -2.11. The molecule has 0 saturated heterocycles. The summed E-state index contributed by atoms with van der Waals surface area (Å²) >= 11 is 0. The lowest BCUT2D eigenvalue weighted by molar-refractivity contribution is -0.140. The summed E-state index contributed by atoms with van der Waals surface area (Å²) in [5.74, 6) is 1.37. The van der Waals surface area contributed by atoms with Gasteiger partial charge in [0.05, 0.1) is 6.20 Å². The minimum absolute atomic E-state index is 0.134. The first-order valence-corrected chi connectivity index (χ1v) is 12.3. The van der Waals surface area contributed by atoms with Gasteiger partial charge in [-0.3, -0.25) is 4.68 Å². The van der Waals surface area contributed by atoms with Gasteiger partial charge in [-0.1, -0.05) is 24.3 Å². The van der Waals surface area contributed by atoms with Gasteiger partial charge in [0.1, 0.15) is 11.5 Å². The molecule has 0 aliphatic heterocycles. The molecule has 1 aromatic carbocycles. The maximum absolute atomic E-state index is 13.3. The normalized spacial score (nSPS) is 12.3. The van der Waals surface area contributed by atoms with Gasteiger partial charge >= 0.3 is 6.18 Å². The highest BCUT2D eigenvalue weighted by Gasteiger charge is 2.35. The van der Waals surface area contributed by atoms with Crippen molar-refractivity contribution in [3.63, 3.8) is 0 Å². The van der Waals surface area contributed by atoms with Gasteiger partial charge in [0.2, 0.25) is 5.82 Å². The quantitative estimate of drug-likeness (QED) is 0.283. The Labute approximate surface area is 217 Å². The first-order valence-electron chi connectivity index (χ1n) is 12.3. The van der Waals surface area contributed by atoms with Crippen LogP contribution in [0, 0.1) is 6.92 Å². The van der Waals surface area contributed by atoms with E-state index in [1.54, 1.807) is 35.2 Å². The highest BCUT2D eigenvalue weighted by Crippen LogP contribution is 2.33. The van der Waals surface area contributed by atoms with Crippen LogP contribution in [-0.2, 0) is 12.7 Å². The fourth-order valence-electron chi connectivity index (χ4n) is 4.26. The van der Waals surface area contributed by atoms with Crippen molar-refractivity contribution in [2.75, 3.05) is 5.32 Å². The predicted molar refractivity (Wildman–Crippen MR) is 138 cm³/mol. The first kappa shape index (κ1) is 25.4. The molecule has 0 fully saturated rings. The molecule has 5 aromatic rings. The van der Waals surface area contributed by atoms with E-state index in [9.17, 15) is 13.2 Å². The van der Waals surface area contributed by atoms with Crippen molar-refractivity contribution in [1.82, 2.24) is 38.9 Å². The van der Waals surface area contributed by atoms with Gasteiger partial charge in [-0.05, 0) is 45.7 Å². The van der Waals surface area contributed by atoms with E-state index in [4.69, 9.17) is 4.98 Å². The van der Waals surface area contributed by atoms with Crippen molar-refractivity contribution >= 4 is 11.5 Å². The lowest BCUT2D eigenvalue weighted by atomic mass is 10.1. The van der Waals surface area contributed by atoms with Crippen LogP contribution in [0.5, 0.6) is 0 Å². The SMILES string of the molecule is Cc1cnn(C(C)C)c1-c1nc(NCc2ccc(-c3nc(C(F)(F)F)cn3C(C)C)cc2)c2nccn2n1. The van der Waals surface area contributed by atoms with E-state index >= 15 is 0 Å². The van der Waals surface area contributed by atoms with Gasteiger partial charge in [-0.2, -0.15) is 18.3 Å². The number of aryl methyl sites for hydroxylation is 1. The summed E-state index contributed by atoms with van der Waals surface area (Å²) in [6.45, 7) is 10.1. The second kappa shape index (κ2) is 9.58. The van der Waals surface area contributed by atoms with Crippen molar-refractivity contribution in [2.24, 2.45) is 0 Å². The summed E-state index contributed by atoms with van der Waals surface area (Å²) in [4.78, 5) is 13.0. The summed E-state index contributed by atoms with van der Waals surface area (Å²) in [5, 5.41) is 12.4. The average molecular weight is 524 g/mol. The van der Waals surface area contributed by atoms with Crippen molar-refractivity contribution in [3.05, 3.63) is 65.9 Å². The zero-order valence-corrected chi connectivity index (χ0v) is 21.7.